The van der Waals surface area contributed by atoms with Gasteiger partial charge in [-0.25, -0.2) is 4.79 Å². The van der Waals surface area contributed by atoms with Gasteiger partial charge in [0.05, 0.1) is 11.7 Å². The standard InChI is InChI=1S/C22H30O4S/c1-3-7-17-9-10-18(27-17)13-19-20(23)14-21(26-22(19)24)15(4-2)12-16-8-5-6-11-25-16/h9-10,14-16,23H,3-8,11-13H2,1-2H3. The van der Waals surface area contributed by atoms with Crippen LogP contribution < -0.4 is 5.63 Å². The number of ether oxygens (including phenoxy) is 1. The minimum Gasteiger partial charge on any atom is -0.507 e. The van der Waals surface area contributed by atoms with Crippen LogP contribution in [0, 0.1) is 0 Å². The molecule has 0 bridgehead atoms. The van der Waals surface area contributed by atoms with Gasteiger partial charge in [0.25, 0.3) is 0 Å². The van der Waals surface area contributed by atoms with Gasteiger partial charge in [-0.2, -0.15) is 0 Å². The van der Waals surface area contributed by atoms with Crippen LogP contribution >= 0.6 is 11.3 Å². The second kappa shape index (κ2) is 9.56. The monoisotopic (exact) mass is 390 g/mol. The summed E-state index contributed by atoms with van der Waals surface area (Å²) in [6.45, 7) is 5.05. The zero-order valence-corrected chi connectivity index (χ0v) is 17.1. The Balaban J connectivity index is 1.75. The van der Waals surface area contributed by atoms with Gasteiger partial charge in [0.1, 0.15) is 11.5 Å². The third kappa shape index (κ3) is 5.23. The fraction of sp³-hybridized carbons (Fsp3) is 0.591. The first-order valence-electron chi connectivity index (χ1n) is 10.2. The lowest BCUT2D eigenvalue weighted by molar-refractivity contribution is 0.00542. The Kier molecular flexibility index (Phi) is 7.13. The van der Waals surface area contributed by atoms with Crippen molar-refractivity contribution in [2.24, 2.45) is 0 Å². The Hall–Kier alpha value is -1.59. The number of rotatable bonds is 8. The molecule has 2 atom stereocenters. The van der Waals surface area contributed by atoms with E-state index in [-0.39, 0.29) is 17.8 Å². The summed E-state index contributed by atoms with van der Waals surface area (Å²) in [5.74, 6) is 0.726. The first kappa shape index (κ1) is 20.2. The number of aryl methyl sites for hydroxylation is 1. The molecule has 0 aromatic carbocycles. The van der Waals surface area contributed by atoms with Crippen molar-refractivity contribution in [1.82, 2.24) is 0 Å². The summed E-state index contributed by atoms with van der Waals surface area (Å²) in [5, 5.41) is 10.5. The average molecular weight is 391 g/mol. The SMILES string of the molecule is CCCc1ccc(Cc2c(O)cc(C(CC)CC3CCCCO3)oc2=O)s1. The molecule has 5 heteroatoms. The van der Waals surface area contributed by atoms with E-state index in [1.165, 1.54) is 11.3 Å². The van der Waals surface area contributed by atoms with Crippen LogP contribution in [0.25, 0.3) is 0 Å². The zero-order valence-electron chi connectivity index (χ0n) is 16.3. The van der Waals surface area contributed by atoms with E-state index >= 15 is 0 Å². The van der Waals surface area contributed by atoms with Gasteiger partial charge in [-0.3, -0.25) is 0 Å². The lowest BCUT2D eigenvalue weighted by atomic mass is 9.92. The molecular weight excluding hydrogens is 360 g/mol. The molecule has 1 saturated heterocycles. The minimum atomic E-state index is -0.418. The van der Waals surface area contributed by atoms with Crippen LogP contribution in [0.3, 0.4) is 0 Å². The van der Waals surface area contributed by atoms with Crippen molar-refractivity contribution in [1.29, 1.82) is 0 Å². The van der Waals surface area contributed by atoms with E-state index in [1.54, 1.807) is 17.4 Å². The number of aromatic hydroxyl groups is 1. The summed E-state index contributed by atoms with van der Waals surface area (Å²) >= 11 is 1.70. The van der Waals surface area contributed by atoms with Gasteiger partial charge < -0.3 is 14.3 Å². The Morgan fingerprint density at radius 1 is 1.26 bits per heavy atom. The molecule has 3 heterocycles. The minimum absolute atomic E-state index is 0.0507. The summed E-state index contributed by atoms with van der Waals surface area (Å²) < 4.78 is 11.5. The maximum Gasteiger partial charge on any atom is 0.343 e. The van der Waals surface area contributed by atoms with Crippen molar-refractivity contribution in [3.8, 4) is 5.75 Å². The molecule has 1 aliphatic heterocycles. The van der Waals surface area contributed by atoms with Crippen LogP contribution in [0.2, 0.25) is 0 Å². The summed E-state index contributed by atoms with van der Waals surface area (Å²) in [4.78, 5) is 14.9. The molecule has 1 N–H and O–H groups in total. The zero-order chi connectivity index (χ0) is 19.2. The van der Waals surface area contributed by atoms with Crippen LogP contribution in [0.15, 0.2) is 27.4 Å². The molecule has 148 valence electrons. The van der Waals surface area contributed by atoms with Crippen LogP contribution in [0.1, 0.15) is 79.4 Å². The second-order valence-electron chi connectivity index (χ2n) is 7.42. The third-order valence-corrected chi connectivity index (χ3v) is 6.47. The largest absolute Gasteiger partial charge is 0.507 e. The van der Waals surface area contributed by atoms with Gasteiger partial charge in [0, 0.05) is 34.8 Å². The molecule has 1 fully saturated rings. The highest BCUT2D eigenvalue weighted by molar-refractivity contribution is 7.12. The van der Waals surface area contributed by atoms with Crippen LogP contribution in [0.5, 0.6) is 5.75 Å². The summed E-state index contributed by atoms with van der Waals surface area (Å²) in [6, 6.07) is 5.79. The Labute approximate surface area is 165 Å². The van der Waals surface area contributed by atoms with Gasteiger partial charge in [0.2, 0.25) is 0 Å². The molecule has 0 spiro atoms. The summed E-state index contributed by atoms with van der Waals surface area (Å²) in [5.41, 5.74) is -0.0640. The topological polar surface area (TPSA) is 59.7 Å². The van der Waals surface area contributed by atoms with E-state index in [0.29, 0.717) is 17.7 Å². The molecule has 27 heavy (non-hydrogen) atoms. The van der Waals surface area contributed by atoms with Gasteiger partial charge >= 0.3 is 5.63 Å². The lowest BCUT2D eigenvalue weighted by Crippen LogP contribution is -2.22. The van der Waals surface area contributed by atoms with Crippen molar-refractivity contribution >= 4 is 11.3 Å². The fourth-order valence-corrected chi connectivity index (χ4v) is 4.89. The van der Waals surface area contributed by atoms with E-state index in [2.05, 4.69) is 19.9 Å². The van der Waals surface area contributed by atoms with Gasteiger partial charge in [0.15, 0.2) is 0 Å². The molecule has 0 radical (unpaired) electrons. The Bertz CT molecular complexity index is 786. The fourth-order valence-electron chi connectivity index (χ4n) is 3.76. The van der Waals surface area contributed by atoms with Gasteiger partial charge in [-0.1, -0.05) is 20.3 Å². The van der Waals surface area contributed by atoms with Crippen LogP contribution in [0.4, 0.5) is 0 Å². The smallest absolute Gasteiger partial charge is 0.343 e. The van der Waals surface area contributed by atoms with Gasteiger partial charge in [-0.15, -0.1) is 11.3 Å². The number of hydrogen-bond acceptors (Lipinski definition) is 5. The predicted octanol–water partition coefficient (Wildman–Crippen LogP) is 5.40. The van der Waals surface area contributed by atoms with Crippen molar-refractivity contribution in [3.05, 3.63) is 49.7 Å². The van der Waals surface area contributed by atoms with Crippen molar-refractivity contribution in [2.45, 2.75) is 77.2 Å². The third-order valence-electron chi connectivity index (χ3n) is 5.33. The van der Waals surface area contributed by atoms with E-state index in [9.17, 15) is 9.90 Å². The molecule has 2 aromatic heterocycles. The molecule has 0 aliphatic carbocycles. The highest BCUT2D eigenvalue weighted by Gasteiger charge is 2.23. The quantitative estimate of drug-likeness (QED) is 0.655. The Morgan fingerprint density at radius 3 is 2.74 bits per heavy atom. The average Bonchev–Trinajstić information content (AvgIpc) is 3.11. The first-order chi connectivity index (χ1) is 13.1. The Morgan fingerprint density at radius 2 is 2.07 bits per heavy atom. The van der Waals surface area contributed by atoms with E-state index in [0.717, 1.165) is 50.0 Å². The van der Waals surface area contributed by atoms with Crippen LogP contribution in [-0.2, 0) is 17.6 Å². The van der Waals surface area contributed by atoms with Crippen molar-refractivity contribution in [2.75, 3.05) is 6.61 Å². The molecular formula is C22H30O4S. The highest BCUT2D eigenvalue weighted by atomic mass is 32.1. The lowest BCUT2D eigenvalue weighted by Gasteiger charge is -2.26. The van der Waals surface area contributed by atoms with Crippen molar-refractivity contribution in [3.63, 3.8) is 0 Å². The van der Waals surface area contributed by atoms with Crippen molar-refractivity contribution < 1.29 is 14.3 Å². The van der Waals surface area contributed by atoms with E-state index < -0.39 is 5.63 Å². The maximum atomic E-state index is 12.6. The molecule has 1 aliphatic rings. The molecule has 4 nitrogen and oxygen atoms in total. The molecule has 3 rings (SSSR count). The van der Waals surface area contributed by atoms with E-state index in [4.69, 9.17) is 9.15 Å². The van der Waals surface area contributed by atoms with Crippen LogP contribution in [-0.4, -0.2) is 17.8 Å². The first-order valence-corrected chi connectivity index (χ1v) is 11.0. The summed E-state index contributed by atoms with van der Waals surface area (Å²) in [6.07, 6.45) is 7.86. The second-order valence-corrected chi connectivity index (χ2v) is 8.68. The number of thiophene rings is 1. The molecule has 2 aromatic rings. The predicted molar refractivity (Wildman–Crippen MR) is 109 cm³/mol. The maximum absolute atomic E-state index is 12.6. The normalized spacial score (nSPS) is 18.5. The van der Waals surface area contributed by atoms with E-state index in [1.807, 2.05) is 6.07 Å². The highest BCUT2D eigenvalue weighted by Crippen LogP contribution is 2.32. The molecule has 2 unspecified atom stereocenters. The van der Waals surface area contributed by atoms with Gasteiger partial charge in [-0.05, 0) is 50.7 Å². The molecule has 0 amide bonds. The summed E-state index contributed by atoms with van der Waals surface area (Å²) in [7, 11) is 0. The number of hydrogen-bond donors (Lipinski definition) is 1. The molecule has 0 saturated carbocycles.